The Bertz CT molecular complexity index is 80.6. The van der Waals surface area contributed by atoms with Crippen LogP contribution in [0.1, 0.15) is 13.8 Å². The van der Waals surface area contributed by atoms with Crippen molar-refractivity contribution >= 4 is 0 Å². The quantitative estimate of drug-likeness (QED) is 0.513. The van der Waals surface area contributed by atoms with Gasteiger partial charge in [-0.2, -0.15) is 0 Å². The first-order valence-corrected chi connectivity index (χ1v) is 3.20. The van der Waals surface area contributed by atoms with E-state index in [0.717, 1.165) is 12.6 Å². The van der Waals surface area contributed by atoms with Gasteiger partial charge in [-0.15, -0.1) is 0 Å². The summed E-state index contributed by atoms with van der Waals surface area (Å²) >= 11 is 0. The highest BCUT2D eigenvalue weighted by atomic mass is 15.3. The van der Waals surface area contributed by atoms with Crippen LogP contribution in [0.3, 0.4) is 0 Å². The number of hydrogen-bond acceptors (Lipinski definition) is 2. The monoisotopic (exact) mass is 114 g/mol. The summed E-state index contributed by atoms with van der Waals surface area (Å²) in [6.45, 7) is 6.59. The molecule has 1 unspecified atom stereocenters. The fourth-order valence-corrected chi connectivity index (χ4v) is 0.917. The molecule has 0 aromatic carbocycles. The average Bonchev–Trinajstić information content (AvgIpc) is 2.17. The van der Waals surface area contributed by atoms with Gasteiger partial charge in [0.15, 0.2) is 0 Å². The summed E-state index contributed by atoms with van der Waals surface area (Å²) in [5.74, 6) is 0. The van der Waals surface area contributed by atoms with Crippen molar-refractivity contribution in [3.63, 3.8) is 0 Å². The molecule has 0 amide bonds. The summed E-state index contributed by atoms with van der Waals surface area (Å²) in [4.78, 5) is 2.37. The van der Waals surface area contributed by atoms with Crippen LogP contribution in [-0.2, 0) is 0 Å². The standard InChI is InChI=1S/C6H14N2/c1-5(7)3-8-4-6(8)2/h5-6H,3-4,7H2,1-2H3/t5-,6-,8?/m1/s1. The number of rotatable bonds is 2. The topological polar surface area (TPSA) is 29.0 Å². The van der Waals surface area contributed by atoms with Gasteiger partial charge in [-0.1, -0.05) is 0 Å². The fourth-order valence-electron chi connectivity index (χ4n) is 0.917. The smallest absolute Gasteiger partial charge is 0.0196 e. The number of nitrogens with two attached hydrogens (primary N) is 1. The van der Waals surface area contributed by atoms with Gasteiger partial charge in [0.25, 0.3) is 0 Å². The van der Waals surface area contributed by atoms with Crippen molar-refractivity contribution in [3.05, 3.63) is 0 Å². The molecule has 1 aliphatic heterocycles. The minimum atomic E-state index is 0.347. The Morgan fingerprint density at radius 3 is 2.50 bits per heavy atom. The third-order valence-corrected chi connectivity index (χ3v) is 1.51. The molecule has 48 valence electrons. The van der Waals surface area contributed by atoms with E-state index in [9.17, 15) is 0 Å². The molecule has 0 aromatic rings. The highest BCUT2D eigenvalue weighted by molar-refractivity contribution is 4.86. The van der Waals surface area contributed by atoms with Crippen LogP contribution in [0.2, 0.25) is 0 Å². The van der Waals surface area contributed by atoms with Gasteiger partial charge < -0.3 is 5.73 Å². The van der Waals surface area contributed by atoms with Crippen molar-refractivity contribution in [2.75, 3.05) is 13.1 Å². The molecule has 1 heterocycles. The van der Waals surface area contributed by atoms with E-state index < -0.39 is 0 Å². The van der Waals surface area contributed by atoms with E-state index in [4.69, 9.17) is 5.73 Å². The second kappa shape index (κ2) is 2.03. The van der Waals surface area contributed by atoms with E-state index in [1.54, 1.807) is 0 Å². The minimum absolute atomic E-state index is 0.347. The van der Waals surface area contributed by atoms with Crippen molar-refractivity contribution in [2.24, 2.45) is 5.73 Å². The first kappa shape index (κ1) is 6.05. The normalized spacial score (nSPS) is 39.4. The SMILES string of the molecule is C[C@@H]1CN1C[C@@H](C)N. The van der Waals surface area contributed by atoms with E-state index >= 15 is 0 Å². The maximum atomic E-state index is 5.55. The Balaban J connectivity index is 2.05. The van der Waals surface area contributed by atoms with Crippen LogP contribution < -0.4 is 5.73 Å². The second-order valence-corrected chi connectivity index (χ2v) is 2.78. The van der Waals surface area contributed by atoms with Gasteiger partial charge in [0.05, 0.1) is 0 Å². The maximum Gasteiger partial charge on any atom is 0.0196 e. The van der Waals surface area contributed by atoms with Gasteiger partial charge >= 0.3 is 0 Å². The molecule has 1 saturated heterocycles. The molecular formula is C6H14N2. The van der Waals surface area contributed by atoms with Gasteiger partial charge in [0.2, 0.25) is 0 Å². The van der Waals surface area contributed by atoms with Gasteiger partial charge in [-0.05, 0) is 13.8 Å². The molecule has 2 nitrogen and oxygen atoms in total. The van der Waals surface area contributed by atoms with Crippen molar-refractivity contribution in [1.29, 1.82) is 0 Å². The van der Waals surface area contributed by atoms with Crippen LogP contribution in [0, 0.1) is 0 Å². The van der Waals surface area contributed by atoms with Crippen molar-refractivity contribution < 1.29 is 0 Å². The van der Waals surface area contributed by atoms with Crippen LogP contribution in [0.25, 0.3) is 0 Å². The Labute approximate surface area is 50.7 Å². The van der Waals surface area contributed by atoms with Crippen molar-refractivity contribution in [3.8, 4) is 0 Å². The van der Waals surface area contributed by atoms with Crippen molar-refractivity contribution in [1.82, 2.24) is 4.90 Å². The van der Waals surface area contributed by atoms with Gasteiger partial charge in [-0.25, -0.2) is 0 Å². The van der Waals surface area contributed by atoms with Crippen LogP contribution in [-0.4, -0.2) is 30.1 Å². The molecule has 2 heteroatoms. The highest BCUT2D eigenvalue weighted by Gasteiger charge is 2.28. The molecule has 8 heavy (non-hydrogen) atoms. The van der Waals surface area contributed by atoms with E-state index in [0.29, 0.717) is 6.04 Å². The molecule has 0 radical (unpaired) electrons. The summed E-state index contributed by atoms with van der Waals surface area (Å²) in [6.07, 6.45) is 0. The van der Waals surface area contributed by atoms with Gasteiger partial charge in [-0.3, -0.25) is 4.90 Å². The number of hydrogen-bond donors (Lipinski definition) is 1. The lowest BCUT2D eigenvalue weighted by molar-refractivity contribution is 0.474. The summed E-state index contributed by atoms with van der Waals surface area (Å²) in [5.41, 5.74) is 5.55. The first-order valence-electron chi connectivity index (χ1n) is 3.20. The Hall–Kier alpha value is -0.0800. The molecule has 0 spiro atoms. The molecular weight excluding hydrogens is 100 g/mol. The molecule has 0 aromatic heterocycles. The Morgan fingerprint density at radius 1 is 1.88 bits per heavy atom. The van der Waals surface area contributed by atoms with Crippen molar-refractivity contribution in [2.45, 2.75) is 25.9 Å². The largest absolute Gasteiger partial charge is 0.327 e. The summed E-state index contributed by atoms with van der Waals surface area (Å²) in [6, 6.07) is 1.15. The minimum Gasteiger partial charge on any atom is -0.327 e. The van der Waals surface area contributed by atoms with E-state index in [1.165, 1.54) is 6.54 Å². The van der Waals surface area contributed by atoms with E-state index in [2.05, 4.69) is 11.8 Å². The molecule has 0 aliphatic carbocycles. The van der Waals surface area contributed by atoms with Gasteiger partial charge in [0, 0.05) is 25.2 Å². The summed E-state index contributed by atoms with van der Waals surface area (Å²) in [5, 5.41) is 0. The predicted octanol–water partition coefficient (Wildman–Crippen LogP) is 0.0377. The zero-order valence-electron chi connectivity index (χ0n) is 5.59. The first-order chi connectivity index (χ1) is 3.70. The zero-order chi connectivity index (χ0) is 6.15. The Morgan fingerprint density at radius 2 is 2.38 bits per heavy atom. The van der Waals surface area contributed by atoms with Crippen LogP contribution in [0.5, 0.6) is 0 Å². The molecule has 0 bridgehead atoms. The second-order valence-electron chi connectivity index (χ2n) is 2.78. The summed E-state index contributed by atoms with van der Waals surface area (Å²) < 4.78 is 0. The average molecular weight is 114 g/mol. The number of nitrogens with zero attached hydrogens (tertiary/aromatic N) is 1. The fraction of sp³-hybridized carbons (Fsp3) is 1.00. The lowest BCUT2D eigenvalue weighted by Crippen LogP contribution is -2.25. The molecule has 1 rings (SSSR count). The van der Waals surface area contributed by atoms with E-state index in [-0.39, 0.29) is 0 Å². The Kier molecular flexibility index (Phi) is 1.54. The lowest BCUT2D eigenvalue weighted by Gasteiger charge is -2.03. The molecule has 1 aliphatic rings. The third kappa shape index (κ3) is 1.46. The highest BCUT2D eigenvalue weighted by Crippen LogP contribution is 2.14. The van der Waals surface area contributed by atoms with Crippen LogP contribution in [0.15, 0.2) is 0 Å². The summed E-state index contributed by atoms with van der Waals surface area (Å²) in [7, 11) is 0. The zero-order valence-corrected chi connectivity index (χ0v) is 5.59. The molecule has 1 fully saturated rings. The molecule has 3 atom stereocenters. The molecule has 0 saturated carbocycles. The molecule has 2 N–H and O–H groups in total. The van der Waals surface area contributed by atoms with Crippen LogP contribution in [0.4, 0.5) is 0 Å². The lowest BCUT2D eigenvalue weighted by atomic mass is 10.4. The van der Waals surface area contributed by atoms with E-state index in [1.807, 2.05) is 6.92 Å². The van der Waals surface area contributed by atoms with Gasteiger partial charge in [0.1, 0.15) is 0 Å². The van der Waals surface area contributed by atoms with Crippen LogP contribution >= 0.6 is 0 Å². The maximum absolute atomic E-state index is 5.55. The predicted molar refractivity (Wildman–Crippen MR) is 34.7 cm³/mol. The third-order valence-electron chi connectivity index (χ3n) is 1.51.